The van der Waals surface area contributed by atoms with Gasteiger partial charge in [0.1, 0.15) is 11.8 Å². The monoisotopic (exact) mass is 482 g/mol. The molecule has 0 bridgehead atoms. The molecule has 4 aromatic rings. The summed E-state index contributed by atoms with van der Waals surface area (Å²) in [5.41, 5.74) is 4.28. The lowest BCUT2D eigenvalue weighted by Crippen LogP contribution is -2.19. The van der Waals surface area contributed by atoms with Gasteiger partial charge in [0.05, 0.1) is 11.1 Å². The molecule has 1 saturated carbocycles. The topological polar surface area (TPSA) is 106 Å². The van der Waals surface area contributed by atoms with E-state index >= 15 is 0 Å². The van der Waals surface area contributed by atoms with Crippen molar-refractivity contribution in [2.24, 2.45) is 0 Å². The first-order valence-electron chi connectivity index (χ1n) is 11.8. The van der Waals surface area contributed by atoms with Crippen LogP contribution in [-0.4, -0.2) is 32.2 Å². The lowest BCUT2D eigenvalue weighted by molar-refractivity contribution is -0.140. The predicted octanol–water partition coefficient (Wildman–Crippen LogP) is 5.67. The van der Waals surface area contributed by atoms with Gasteiger partial charge in [0.25, 0.3) is 0 Å². The van der Waals surface area contributed by atoms with E-state index in [9.17, 15) is 14.7 Å². The summed E-state index contributed by atoms with van der Waals surface area (Å²) >= 11 is 0. The van der Waals surface area contributed by atoms with Gasteiger partial charge in [-0.05, 0) is 61.1 Å². The molecule has 1 amide bonds. The zero-order valence-corrected chi connectivity index (χ0v) is 20.0. The molecule has 0 unspecified atom stereocenters. The Morgan fingerprint density at radius 2 is 1.58 bits per heavy atom. The fourth-order valence-electron chi connectivity index (χ4n) is 4.29. The molecular weight excluding hydrogens is 456 g/mol. The Bertz CT molecular complexity index is 1390. The summed E-state index contributed by atoms with van der Waals surface area (Å²) in [6, 6.07) is 24.9. The second kappa shape index (κ2) is 9.30. The van der Waals surface area contributed by atoms with Crippen molar-refractivity contribution in [3.63, 3.8) is 0 Å². The van der Waals surface area contributed by atoms with Crippen LogP contribution < -0.4 is 5.32 Å². The van der Waals surface area contributed by atoms with Crippen molar-refractivity contribution in [2.45, 2.75) is 38.2 Å². The summed E-state index contributed by atoms with van der Waals surface area (Å²) in [5.74, 6) is -0.327. The van der Waals surface area contributed by atoms with E-state index in [4.69, 9.17) is 4.74 Å². The Kier molecular flexibility index (Phi) is 6.01. The van der Waals surface area contributed by atoms with Gasteiger partial charge in [0.2, 0.25) is 0 Å². The van der Waals surface area contributed by atoms with Gasteiger partial charge in [0.15, 0.2) is 5.82 Å². The van der Waals surface area contributed by atoms with Crippen molar-refractivity contribution >= 4 is 17.9 Å². The molecule has 0 aliphatic heterocycles. The summed E-state index contributed by atoms with van der Waals surface area (Å²) in [7, 11) is 0. The molecule has 0 saturated heterocycles. The Morgan fingerprint density at radius 1 is 0.972 bits per heavy atom. The van der Waals surface area contributed by atoms with Gasteiger partial charge in [-0.1, -0.05) is 71.9 Å². The van der Waals surface area contributed by atoms with Gasteiger partial charge in [-0.2, -0.15) is 4.68 Å². The van der Waals surface area contributed by atoms with Crippen molar-refractivity contribution in [2.75, 3.05) is 5.32 Å². The maximum Gasteiger partial charge on any atom is 0.413 e. The van der Waals surface area contributed by atoms with Gasteiger partial charge >= 0.3 is 12.1 Å². The number of aliphatic carboxylic acids is 1. The molecule has 3 aromatic carbocycles. The second-order valence-electron chi connectivity index (χ2n) is 9.03. The quantitative estimate of drug-likeness (QED) is 0.352. The third-order valence-electron chi connectivity index (χ3n) is 6.65. The van der Waals surface area contributed by atoms with E-state index in [1.807, 2.05) is 85.8 Å². The normalized spacial score (nSPS) is 14.6. The number of carbonyl (C=O) groups is 2. The number of carboxylic acid groups (broad SMARTS) is 1. The van der Waals surface area contributed by atoms with Crippen LogP contribution in [0, 0.1) is 6.92 Å². The van der Waals surface area contributed by atoms with Crippen molar-refractivity contribution < 1.29 is 19.4 Å². The molecule has 0 radical (unpaired) electrons. The highest BCUT2D eigenvalue weighted by atomic mass is 16.6. The van der Waals surface area contributed by atoms with Gasteiger partial charge in [-0.25, -0.2) is 4.79 Å². The number of carboxylic acids is 1. The van der Waals surface area contributed by atoms with Crippen molar-refractivity contribution in [1.82, 2.24) is 15.0 Å². The molecule has 2 N–H and O–H groups in total. The van der Waals surface area contributed by atoms with Crippen LogP contribution in [0.15, 0.2) is 78.9 Å². The SMILES string of the molecule is Cc1nnn(-c2ccc(-c3ccc(C4(C(=O)O)CC4)cc3)cc2)c1NC(=O)O[C@H](C)c1ccccc1. The Hall–Kier alpha value is -4.46. The highest BCUT2D eigenvalue weighted by Gasteiger charge is 2.51. The number of nitrogens with zero attached hydrogens (tertiary/aromatic N) is 3. The van der Waals surface area contributed by atoms with Gasteiger partial charge in [-0.3, -0.25) is 10.1 Å². The second-order valence-corrected chi connectivity index (χ2v) is 9.03. The van der Waals surface area contributed by atoms with Crippen molar-refractivity contribution in [3.05, 3.63) is 95.7 Å². The number of nitrogens with one attached hydrogen (secondary N) is 1. The van der Waals surface area contributed by atoms with Crippen LogP contribution in [0.25, 0.3) is 16.8 Å². The standard InChI is InChI=1S/C28H26N4O4/c1-18-25(29-27(35)36-19(2)20-6-4-3-5-7-20)32(31-30-18)24-14-10-22(11-15-24)21-8-12-23(13-9-21)28(16-17-28)26(33)34/h3-15,19H,16-17H2,1-2H3,(H,29,35)(H,33,34)/t19-/m1/s1. The number of aromatic nitrogens is 3. The molecule has 5 rings (SSSR count). The van der Waals surface area contributed by atoms with Crippen LogP contribution >= 0.6 is 0 Å². The molecule has 36 heavy (non-hydrogen) atoms. The maximum absolute atomic E-state index is 12.6. The van der Waals surface area contributed by atoms with E-state index in [0.29, 0.717) is 24.4 Å². The smallest absolute Gasteiger partial charge is 0.413 e. The molecule has 8 heteroatoms. The minimum absolute atomic E-state index is 0.410. The maximum atomic E-state index is 12.6. The number of anilines is 1. The lowest BCUT2D eigenvalue weighted by Gasteiger charge is -2.15. The van der Waals surface area contributed by atoms with Crippen molar-refractivity contribution in [1.29, 1.82) is 0 Å². The fourth-order valence-corrected chi connectivity index (χ4v) is 4.29. The fraction of sp³-hybridized carbons (Fsp3) is 0.214. The summed E-state index contributed by atoms with van der Waals surface area (Å²) in [4.78, 5) is 24.2. The van der Waals surface area contributed by atoms with Gasteiger partial charge < -0.3 is 9.84 Å². The summed E-state index contributed by atoms with van der Waals surface area (Å²) in [5, 5.41) is 20.6. The first-order valence-corrected chi connectivity index (χ1v) is 11.8. The molecule has 1 aliphatic carbocycles. The first-order chi connectivity index (χ1) is 17.4. The molecular formula is C28H26N4O4. The van der Waals surface area contributed by atoms with E-state index in [1.54, 1.807) is 11.6 Å². The number of hydrogen-bond acceptors (Lipinski definition) is 5. The van der Waals surface area contributed by atoms with Crippen LogP contribution in [-0.2, 0) is 14.9 Å². The van der Waals surface area contributed by atoms with E-state index in [-0.39, 0.29) is 0 Å². The van der Waals surface area contributed by atoms with Crippen LogP contribution in [0.2, 0.25) is 0 Å². The number of hydrogen-bond donors (Lipinski definition) is 2. The number of carbonyl (C=O) groups excluding carboxylic acids is 1. The minimum Gasteiger partial charge on any atom is -0.481 e. The third kappa shape index (κ3) is 4.45. The van der Waals surface area contributed by atoms with Crippen molar-refractivity contribution in [3.8, 4) is 16.8 Å². The van der Waals surface area contributed by atoms with E-state index in [1.165, 1.54) is 0 Å². The number of benzene rings is 3. The molecule has 0 spiro atoms. The molecule has 1 aliphatic rings. The molecule has 1 fully saturated rings. The van der Waals surface area contributed by atoms with Gasteiger partial charge in [0, 0.05) is 0 Å². The highest BCUT2D eigenvalue weighted by Crippen LogP contribution is 2.48. The number of amides is 1. The highest BCUT2D eigenvalue weighted by molar-refractivity contribution is 5.85. The Balaban J connectivity index is 1.30. The zero-order chi connectivity index (χ0) is 25.3. The summed E-state index contributed by atoms with van der Waals surface area (Å²) < 4.78 is 7.09. The predicted molar refractivity (Wildman–Crippen MR) is 135 cm³/mol. The zero-order valence-electron chi connectivity index (χ0n) is 20.0. The first kappa shape index (κ1) is 23.3. The minimum atomic E-state index is -0.759. The number of ether oxygens (including phenoxy) is 1. The number of rotatable bonds is 7. The average Bonchev–Trinajstić information content (AvgIpc) is 3.64. The van der Waals surface area contributed by atoms with Crippen LogP contribution in [0.4, 0.5) is 10.6 Å². The van der Waals surface area contributed by atoms with Crippen LogP contribution in [0.3, 0.4) is 0 Å². The molecule has 1 atom stereocenters. The summed E-state index contributed by atoms with van der Waals surface area (Å²) in [6.45, 7) is 3.58. The number of aryl methyl sites for hydroxylation is 1. The molecule has 1 aromatic heterocycles. The van der Waals surface area contributed by atoms with E-state index < -0.39 is 23.6 Å². The largest absolute Gasteiger partial charge is 0.481 e. The van der Waals surface area contributed by atoms with E-state index in [2.05, 4.69) is 15.6 Å². The average molecular weight is 483 g/mol. The lowest BCUT2D eigenvalue weighted by atomic mass is 9.94. The Labute approximate surface area is 208 Å². The van der Waals surface area contributed by atoms with Gasteiger partial charge in [-0.15, -0.1) is 5.10 Å². The molecule has 1 heterocycles. The van der Waals surface area contributed by atoms with E-state index in [0.717, 1.165) is 27.9 Å². The van der Waals surface area contributed by atoms with Crippen LogP contribution in [0.1, 0.15) is 42.7 Å². The third-order valence-corrected chi connectivity index (χ3v) is 6.65. The van der Waals surface area contributed by atoms with Crippen LogP contribution in [0.5, 0.6) is 0 Å². The Morgan fingerprint density at radius 3 is 2.17 bits per heavy atom. The molecule has 182 valence electrons. The summed E-state index contributed by atoms with van der Waals surface area (Å²) in [6.07, 6.45) is 0.363. The molecule has 8 nitrogen and oxygen atoms in total.